The van der Waals surface area contributed by atoms with Crippen molar-refractivity contribution in [3.63, 3.8) is 0 Å². The molecule has 0 atom stereocenters. The van der Waals surface area contributed by atoms with E-state index in [0.29, 0.717) is 5.92 Å². The van der Waals surface area contributed by atoms with Gasteiger partial charge in [0.15, 0.2) is 5.12 Å². The SMILES string of the molecule is CCC(CC)CC1(C(=O)Nc2ccccc2SC(=O)C2CCC2)CCCCC1. The molecule has 0 radical (unpaired) electrons. The van der Waals surface area contributed by atoms with Gasteiger partial charge < -0.3 is 5.32 Å². The Morgan fingerprint density at radius 1 is 1.07 bits per heavy atom. The molecule has 2 fully saturated rings. The summed E-state index contributed by atoms with van der Waals surface area (Å²) in [5, 5.41) is 3.49. The van der Waals surface area contributed by atoms with Gasteiger partial charge in [-0.25, -0.2) is 0 Å². The van der Waals surface area contributed by atoms with Gasteiger partial charge in [-0.15, -0.1) is 0 Å². The van der Waals surface area contributed by atoms with Gasteiger partial charge in [-0.2, -0.15) is 0 Å². The van der Waals surface area contributed by atoms with E-state index >= 15 is 0 Å². The van der Waals surface area contributed by atoms with Gasteiger partial charge in [-0.1, -0.05) is 64.5 Å². The second-order valence-electron chi connectivity index (χ2n) is 8.73. The van der Waals surface area contributed by atoms with Crippen LogP contribution in [0, 0.1) is 17.3 Å². The van der Waals surface area contributed by atoms with E-state index in [2.05, 4.69) is 19.2 Å². The molecule has 0 aromatic heterocycles. The summed E-state index contributed by atoms with van der Waals surface area (Å²) in [6, 6.07) is 7.81. The second-order valence-corrected chi connectivity index (χ2v) is 9.77. The summed E-state index contributed by atoms with van der Waals surface area (Å²) < 4.78 is 0. The molecule has 3 nitrogen and oxygen atoms in total. The number of hydrogen-bond donors (Lipinski definition) is 1. The minimum Gasteiger partial charge on any atom is -0.325 e. The summed E-state index contributed by atoms with van der Waals surface area (Å²) in [6.07, 6.45) is 11.9. The van der Waals surface area contributed by atoms with E-state index in [0.717, 1.165) is 74.8 Å². The van der Waals surface area contributed by atoms with Gasteiger partial charge in [0, 0.05) is 16.2 Å². The number of thioether (sulfide) groups is 1. The van der Waals surface area contributed by atoms with E-state index < -0.39 is 0 Å². The van der Waals surface area contributed by atoms with E-state index in [1.807, 2.05) is 24.3 Å². The minimum atomic E-state index is -0.245. The molecule has 0 saturated heterocycles. The average Bonchev–Trinajstić information content (AvgIpc) is 2.67. The van der Waals surface area contributed by atoms with Crippen LogP contribution in [0.15, 0.2) is 29.2 Å². The van der Waals surface area contributed by atoms with Crippen LogP contribution in [-0.2, 0) is 9.59 Å². The highest BCUT2D eigenvalue weighted by Gasteiger charge is 2.40. The van der Waals surface area contributed by atoms with Gasteiger partial charge in [0.25, 0.3) is 0 Å². The molecule has 1 aromatic rings. The Bertz CT molecular complexity index is 673. The molecule has 3 rings (SSSR count). The van der Waals surface area contributed by atoms with E-state index in [9.17, 15) is 9.59 Å². The Kier molecular flexibility index (Phi) is 7.62. The van der Waals surface area contributed by atoms with Crippen molar-refractivity contribution in [1.82, 2.24) is 0 Å². The fourth-order valence-corrected chi connectivity index (χ4v) is 5.63. The summed E-state index contributed by atoms with van der Waals surface area (Å²) >= 11 is 1.31. The summed E-state index contributed by atoms with van der Waals surface area (Å²) in [4.78, 5) is 26.9. The van der Waals surface area contributed by atoms with Crippen molar-refractivity contribution in [2.75, 3.05) is 5.32 Å². The van der Waals surface area contributed by atoms with Gasteiger partial charge >= 0.3 is 0 Å². The van der Waals surface area contributed by atoms with Crippen molar-refractivity contribution < 1.29 is 9.59 Å². The molecule has 0 bridgehead atoms. The first-order valence-corrected chi connectivity index (χ1v) is 12.0. The fourth-order valence-electron chi connectivity index (χ4n) is 4.63. The molecule has 1 N–H and O–H groups in total. The maximum absolute atomic E-state index is 13.5. The number of amides is 1. The van der Waals surface area contributed by atoms with Gasteiger partial charge in [-0.05, 0) is 61.9 Å². The van der Waals surface area contributed by atoms with E-state index in [1.54, 1.807) is 0 Å². The molecule has 2 aliphatic carbocycles. The lowest BCUT2D eigenvalue weighted by Crippen LogP contribution is -2.39. The summed E-state index contributed by atoms with van der Waals surface area (Å²) in [5.41, 5.74) is 0.560. The third kappa shape index (κ3) is 5.00. The molecule has 0 aliphatic heterocycles. The Balaban J connectivity index is 1.75. The third-order valence-corrected chi connectivity index (χ3v) is 8.02. The number of carbonyl (C=O) groups is 2. The normalized spacial score (nSPS) is 19.2. The van der Waals surface area contributed by atoms with Crippen LogP contribution < -0.4 is 5.32 Å². The molecule has 1 amide bonds. The topological polar surface area (TPSA) is 46.2 Å². The number of carbonyl (C=O) groups excluding carboxylic acids is 2. The van der Waals surface area contributed by atoms with Gasteiger partial charge in [0.1, 0.15) is 0 Å². The summed E-state index contributed by atoms with van der Waals surface area (Å²) in [6.45, 7) is 4.47. The highest BCUT2D eigenvalue weighted by molar-refractivity contribution is 8.13. The zero-order chi connectivity index (χ0) is 20.0. The van der Waals surface area contributed by atoms with Crippen molar-refractivity contribution in [3.05, 3.63) is 24.3 Å². The van der Waals surface area contributed by atoms with E-state index in [-0.39, 0.29) is 22.4 Å². The predicted molar refractivity (Wildman–Crippen MR) is 117 cm³/mol. The molecule has 0 spiro atoms. The number of anilines is 1. The highest BCUT2D eigenvalue weighted by atomic mass is 32.2. The number of nitrogens with one attached hydrogen (secondary N) is 1. The first-order chi connectivity index (χ1) is 13.6. The van der Waals surface area contributed by atoms with Crippen LogP contribution in [0.2, 0.25) is 0 Å². The maximum Gasteiger partial charge on any atom is 0.230 e. The zero-order valence-electron chi connectivity index (χ0n) is 17.5. The van der Waals surface area contributed by atoms with Crippen LogP contribution in [-0.4, -0.2) is 11.0 Å². The summed E-state index contributed by atoms with van der Waals surface area (Å²) in [5.74, 6) is 0.977. The lowest BCUT2D eigenvalue weighted by molar-refractivity contribution is -0.128. The van der Waals surface area contributed by atoms with Crippen molar-refractivity contribution >= 4 is 28.5 Å². The fraction of sp³-hybridized carbons (Fsp3) is 0.667. The number of benzene rings is 1. The molecule has 1 aromatic carbocycles. The lowest BCUT2D eigenvalue weighted by Gasteiger charge is -2.38. The number of para-hydroxylation sites is 1. The third-order valence-electron chi connectivity index (χ3n) is 6.91. The molecule has 0 heterocycles. The quantitative estimate of drug-likeness (QED) is 0.486. The molecular weight excluding hydrogens is 366 g/mol. The van der Waals surface area contributed by atoms with Crippen LogP contribution >= 0.6 is 11.8 Å². The van der Waals surface area contributed by atoms with Crippen LogP contribution in [0.3, 0.4) is 0 Å². The van der Waals surface area contributed by atoms with Crippen molar-refractivity contribution in [3.8, 4) is 0 Å². The number of rotatable bonds is 8. The molecule has 154 valence electrons. The van der Waals surface area contributed by atoms with Crippen LogP contribution in [0.25, 0.3) is 0 Å². The molecular formula is C24H35NO2S. The Morgan fingerprint density at radius 3 is 2.36 bits per heavy atom. The largest absolute Gasteiger partial charge is 0.325 e. The summed E-state index contributed by atoms with van der Waals surface area (Å²) in [7, 11) is 0. The van der Waals surface area contributed by atoms with Gasteiger partial charge in [0.05, 0.1) is 5.69 Å². The lowest BCUT2D eigenvalue weighted by atomic mass is 9.67. The van der Waals surface area contributed by atoms with Crippen molar-refractivity contribution in [2.45, 2.75) is 89.4 Å². The minimum absolute atomic E-state index is 0.170. The monoisotopic (exact) mass is 401 g/mol. The van der Waals surface area contributed by atoms with Gasteiger partial charge in [-0.3, -0.25) is 9.59 Å². The Hall–Kier alpha value is -1.29. The highest BCUT2D eigenvalue weighted by Crippen LogP contribution is 2.44. The van der Waals surface area contributed by atoms with E-state index in [4.69, 9.17) is 0 Å². The van der Waals surface area contributed by atoms with E-state index in [1.165, 1.54) is 18.2 Å². The zero-order valence-corrected chi connectivity index (χ0v) is 18.3. The van der Waals surface area contributed by atoms with Crippen molar-refractivity contribution in [1.29, 1.82) is 0 Å². The first kappa shape index (κ1) is 21.4. The molecule has 2 aliphatic rings. The van der Waals surface area contributed by atoms with Crippen LogP contribution in [0.1, 0.15) is 84.5 Å². The Morgan fingerprint density at radius 2 is 1.75 bits per heavy atom. The second kappa shape index (κ2) is 9.96. The molecule has 28 heavy (non-hydrogen) atoms. The Labute approximate surface area is 174 Å². The van der Waals surface area contributed by atoms with Gasteiger partial charge in [0.2, 0.25) is 5.91 Å². The standard InChI is InChI=1S/C24H35NO2S/c1-3-18(4-2)17-24(15-8-5-9-16-24)23(27)25-20-13-6-7-14-21(20)28-22(26)19-11-10-12-19/h6-7,13-14,18-19H,3-5,8-12,15-17H2,1-2H3,(H,25,27). The van der Waals surface area contributed by atoms with Crippen LogP contribution in [0.4, 0.5) is 5.69 Å². The number of hydrogen-bond acceptors (Lipinski definition) is 3. The first-order valence-electron chi connectivity index (χ1n) is 11.2. The smallest absolute Gasteiger partial charge is 0.230 e. The average molecular weight is 402 g/mol. The van der Waals surface area contributed by atoms with Crippen LogP contribution in [0.5, 0.6) is 0 Å². The molecule has 4 heteroatoms. The molecule has 2 saturated carbocycles. The predicted octanol–water partition coefficient (Wildman–Crippen LogP) is 6.82. The molecule has 0 unspecified atom stereocenters. The van der Waals surface area contributed by atoms with Crippen molar-refractivity contribution in [2.24, 2.45) is 17.3 Å². The maximum atomic E-state index is 13.5.